The first-order chi connectivity index (χ1) is 8.58. The van der Waals surface area contributed by atoms with Gasteiger partial charge in [-0.25, -0.2) is 4.98 Å². The molecule has 0 spiro atoms. The van der Waals surface area contributed by atoms with Crippen molar-refractivity contribution >= 4 is 5.82 Å². The molecule has 0 bridgehead atoms. The highest BCUT2D eigenvalue weighted by Crippen LogP contribution is 2.17. The van der Waals surface area contributed by atoms with Crippen LogP contribution in [0.15, 0.2) is 17.2 Å². The number of rotatable bonds is 4. The number of nitrogens with zero attached hydrogens (tertiary/aromatic N) is 3. The molecule has 0 aliphatic heterocycles. The van der Waals surface area contributed by atoms with Crippen molar-refractivity contribution in [2.45, 2.75) is 40.2 Å². The molecule has 0 atom stereocenters. The van der Waals surface area contributed by atoms with Gasteiger partial charge in [0, 0.05) is 31.5 Å². The Morgan fingerprint density at radius 1 is 1.32 bits per heavy atom. The second-order valence-corrected chi connectivity index (χ2v) is 6.82. The minimum absolute atomic E-state index is 0.0503. The lowest BCUT2D eigenvalue weighted by Gasteiger charge is -2.30. The zero-order valence-corrected chi connectivity index (χ0v) is 12.9. The Morgan fingerprint density at radius 2 is 1.89 bits per heavy atom. The van der Waals surface area contributed by atoms with Crippen LogP contribution in [0.5, 0.6) is 0 Å². The maximum absolute atomic E-state index is 12.5. The molecule has 0 aromatic carbocycles. The molecule has 0 amide bonds. The minimum atomic E-state index is -0.251. The van der Waals surface area contributed by atoms with Crippen LogP contribution in [-0.4, -0.2) is 29.7 Å². The van der Waals surface area contributed by atoms with E-state index in [1.807, 2.05) is 32.7 Å². The maximum Gasteiger partial charge on any atom is 0.293 e. The zero-order chi connectivity index (χ0) is 14.8. The summed E-state index contributed by atoms with van der Waals surface area (Å²) in [7, 11) is 1.88. The average Bonchev–Trinajstić information content (AvgIpc) is 2.27. The van der Waals surface area contributed by atoms with Crippen LogP contribution in [0.1, 0.15) is 34.6 Å². The first-order valence-electron chi connectivity index (χ1n) is 6.58. The Balaban J connectivity index is 3.13. The van der Waals surface area contributed by atoms with Crippen molar-refractivity contribution in [2.24, 2.45) is 11.1 Å². The number of hydrogen-bond donors (Lipinski definition) is 1. The first-order valence-corrected chi connectivity index (χ1v) is 6.58. The standard InChI is InChI=1S/C14H26N4O/c1-13(2,3)18-8-7-16-11(12(18)19)17(6)10-14(4,5)9-15/h7-8H,9-10,15H2,1-6H3. The van der Waals surface area contributed by atoms with Crippen molar-refractivity contribution in [2.75, 3.05) is 25.0 Å². The zero-order valence-electron chi connectivity index (χ0n) is 12.9. The predicted octanol–water partition coefficient (Wildman–Crippen LogP) is 1.42. The van der Waals surface area contributed by atoms with E-state index in [9.17, 15) is 4.79 Å². The summed E-state index contributed by atoms with van der Waals surface area (Å²) in [5, 5.41) is 0. The molecule has 0 saturated heterocycles. The van der Waals surface area contributed by atoms with Gasteiger partial charge >= 0.3 is 0 Å². The summed E-state index contributed by atoms with van der Waals surface area (Å²) >= 11 is 0. The van der Waals surface area contributed by atoms with Crippen LogP contribution in [0, 0.1) is 5.41 Å². The van der Waals surface area contributed by atoms with E-state index >= 15 is 0 Å². The van der Waals surface area contributed by atoms with E-state index < -0.39 is 0 Å². The molecule has 2 N–H and O–H groups in total. The summed E-state index contributed by atoms with van der Waals surface area (Å²) in [5.41, 5.74) is 5.37. The number of nitrogens with two attached hydrogens (primary N) is 1. The monoisotopic (exact) mass is 266 g/mol. The van der Waals surface area contributed by atoms with Crippen LogP contribution in [-0.2, 0) is 5.54 Å². The molecular formula is C14H26N4O. The van der Waals surface area contributed by atoms with Gasteiger partial charge in [0.2, 0.25) is 0 Å². The Hall–Kier alpha value is -1.36. The minimum Gasteiger partial charge on any atom is -0.355 e. The summed E-state index contributed by atoms with van der Waals surface area (Å²) in [5.74, 6) is 0.471. The molecule has 1 aromatic heterocycles. The van der Waals surface area contributed by atoms with Gasteiger partial charge < -0.3 is 15.2 Å². The second-order valence-electron chi connectivity index (χ2n) is 6.82. The van der Waals surface area contributed by atoms with E-state index in [4.69, 9.17) is 5.73 Å². The Kier molecular flexibility index (Phi) is 4.40. The van der Waals surface area contributed by atoms with E-state index in [1.54, 1.807) is 17.0 Å². The average molecular weight is 266 g/mol. The van der Waals surface area contributed by atoms with Crippen LogP contribution < -0.4 is 16.2 Å². The number of aromatic nitrogens is 2. The Bertz CT molecular complexity index is 485. The van der Waals surface area contributed by atoms with Gasteiger partial charge in [-0.05, 0) is 32.7 Å². The third-order valence-corrected chi connectivity index (χ3v) is 3.12. The topological polar surface area (TPSA) is 64.2 Å². The molecule has 5 heteroatoms. The van der Waals surface area contributed by atoms with E-state index in [-0.39, 0.29) is 16.5 Å². The second kappa shape index (κ2) is 5.33. The SMILES string of the molecule is CN(CC(C)(C)CN)c1nccn(C(C)(C)C)c1=O. The summed E-state index contributed by atoms with van der Waals surface area (Å²) in [6.07, 6.45) is 3.40. The highest BCUT2D eigenvalue weighted by Gasteiger charge is 2.22. The number of anilines is 1. The molecule has 0 unspecified atom stereocenters. The molecule has 0 aliphatic rings. The third-order valence-electron chi connectivity index (χ3n) is 3.12. The van der Waals surface area contributed by atoms with Gasteiger partial charge in [-0.1, -0.05) is 13.8 Å². The quantitative estimate of drug-likeness (QED) is 0.895. The molecule has 0 aliphatic carbocycles. The Morgan fingerprint density at radius 3 is 2.37 bits per heavy atom. The lowest BCUT2D eigenvalue weighted by Crippen LogP contribution is -2.42. The lowest BCUT2D eigenvalue weighted by molar-refractivity contribution is 0.373. The molecule has 19 heavy (non-hydrogen) atoms. The van der Waals surface area contributed by atoms with Crippen molar-refractivity contribution in [3.05, 3.63) is 22.7 Å². The summed E-state index contributed by atoms with van der Waals surface area (Å²) < 4.78 is 1.71. The normalized spacial score (nSPS) is 12.6. The fourth-order valence-electron chi connectivity index (χ4n) is 1.97. The van der Waals surface area contributed by atoms with Gasteiger partial charge in [0.25, 0.3) is 5.56 Å². The molecule has 0 saturated carbocycles. The number of hydrogen-bond acceptors (Lipinski definition) is 4. The van der Waals surface area contributed by atoms with E-state index in [1.165, 1.54) is 0 Å². The van der Waals surface area contributed by atoms with Gasteiger partial charge in [-0.2, -0.15) is 0 Å². The fourth-order valence-corrected chi connectivity index (χ4v) is 1.97. The van der Waals surface area contributed by atoms with Gasteiger partial charge in [-0.15, -0.1) is 0 Å². The summed E-state index contributed by atoms with van der Waals surface area (Å²) in [4.78, 5) is 18.6. The van der Waals surface area contributed by atoms with Crippen molar-refractivity contribution < 1.29 is 0 Å². The smallest absolute Gasteiger partial charge is 0.293 e. The third kappa shape index (κ3) is 3.80. The van der Waals surface area contributed by atoms with Gasteiger partial charge in [0.15, 0.2) is 5.82 Å². The Labute approximate surface area is 115 Å². The highest BCUT2D eigenvalue weighted by atomic mass is 16.1. The summed E-state index contributed by atoms with van der Waals surface area (Å²) in [6.45, 7) is 11.4. The van der Waals surface area contributed by atoms with Crippen LogP contribution in [0.4, 0.5) is 5.82 Å². The molecule has 1 aromatic rings. The van der Waals surface area contributed by atoms with Crippen molar-refractivity contribution in [3.63, 3.8) is 0 Å². The maximum atomic E-state index is 12.5. The molecule has 0 radical (unpaired) electrons. The van der Waals surface area contributed by atoms with Gasteiger partial charge in [-0.3, -0.25) is 4.79 Å². The predicted molar refractivity (Wildman–Crippen MR) is 79.6 cm³/mol. The van der Waals surface area contributed by atoms with Gasteiger partial charge in [0.05, 0.1) is 0 Å². The van der Waals surface area contributed by atoms with E-state index in [2.05, 4.69) is 18.8 Å². The molecule has 1 rings (SSSR count). The van der Waals surface area contributed by atoms with Crippen molar-refractivity contribution in [3.8, 4) is 0 Å². The highest BCUT2D eigenvalue weighted by molar-refractivity contribution is 5.35. The van der Waals surface area contributed by atoms with Crippen LogP contribution >= 0.6 is 0 Å². The van der Waals surface area contributed by atoms with Gasteiger partial charge in [0.1, 0.15) is 0 Å². The van der Waals surface area contributed by atoms with Crippen molar-refractivity contribution in [1.82, 2.24) is 9.55 Å². The molecule has 5 nitrogen and oxygen atoms in total. The lowest BCUT2D eigenvalue weighted by atomic mass is 9.93. The molecule has 0 fully saturated rings. The largest absolute Gasteiger partial charge is 0.355 e. The van der Waals surface area contributed by atoms with E-state index in [0.29, 0.717) is 18.9 Å². The van der Waals surface area contributed by atoms with Crippen LogP contribution in [0.3, 0.4) is 0 Å². The van der Waals surface area contributed by atoms with Crippen LogP contribution in [0.25, 0.3) is 0 Å². The van der Waals surface area contributed by atoms with Crippen LogP contribution in [0.2, 0.25) is 0 Å². The fraction of sp³-hybridized carbons (Fsp3) is 0.714. The molecule has 1 heterocycles. The molecular weight excluding hydrogens is 240 g/mol. The van der Waals surface area contributed by atoms with Crippen molar-refractivity contribution in [1.29, 1.82) is 0 Å². The summed E-state index contributed by atoms with van der Waals surface area (Å²) in [6, 6.07) is 0. The molecule has 108 valence electrons. The van der Waals surface area contributed by atoms with E-state index in [0.717, 1.165) is 0 Å². The first kappa shape index (κ1) is 15.7.